The van der Waals surface area contributed by atoms with Gasteiger partial charge in [0.2, 0.25) is 10.0 Å². The van der Waals surface area contributed by atoms with Gasteiger partial charge in [0, 0.05) is 13.1 Å². The maximum absolute atomic E-state index is 12.3. The van der Waals surface area contributed by atoms with Crippen molar-refractivity contribution in [2.24, 2.45) is 5.73 Å². The fraction of sp³-hybridized carbons (Fsp3) is 0.571. The Morgan fingerprint density at radius 3 is 2.55 bits per heavy atom. The van der Waals surface area contributed by atoms with Crippen LogP contribution in [0.1, 0.15) is 29.5 Å². The molecule has 0 aromatic heterocycles. The zero-order valence-corrected chi connectivity index (χ0v) is 14.0. The van der Waals surface area contributed by atoms with E-state index in [0.29, 0.717) is 18.0 Å². The lowest BCUT2D eigenvalue weighted by Crippen LogP contribution is -2.26. The molecule has 0 spiro atoms. The largest absolute Gasteiger partial charge is 0.326 e. The van der Waals surface area contributed by atoms with Gasteiger partial charge in [-0.2, -0.15) is 11.8 Å². The van der Waals surface area contributed by atoms with Gasteiger partial charge in [-0.3, -0.25) is 0 Å². The lowest BCUT2D eigenvalue weighted by Gasteiger charge is -2.13. The van der Waals surface area contributed by atoms with Gasteiger partial charge in [0.05, 0.1) is 4.90 Å². The number of rotatable bonds is 8. The minimum atomic E-state index is -3.45. The fourth-order valence-corrected chi connectivity index (χ4v) is 3.88. The Kier molecular flexibility index (Phi) is 7.02. The lowest BCUT2D eigenvalue weighted by atomic mass is 10.1. The third-order valence-electron chi connectivity index (χ3n) is 3.27. The number of unbranched alkanes of at least 4 members (excludes halogenated alkanes) is 1. The Bertz CT molecular complexity index is 542. The molecule has 1 aromatic carbocycles. The standard InChI is InChI=1S/C14H24N2O2S2/c1-11-8-13(10-15)9-14(12(11)2)20(17,18)16-6-4-5-7-19-3/h8-9,16H,4-7,10,15H2,1-3H3. The number of nitrogens with one attached hydrogen (secondary N) is 1. The van der Waals surface area contributed by atoms with Gasteiger partial charge in [-0.15, -0.1) is 0 Å². The normalized spacial score (nSPS) is 11.8. The highest BCUT2D eigenvalue weighted by molar-refractivity contribution is 7.98. The zero-order valence-electron chi connectivity index (χ0n) is 12.4. The van der Waals surface area contributed by atoms with Gasteiger partial charge in [-0.1, -0.05) is 6.07 Å². The van der Waals surface area contributed by atoms with Gasteiger partial charge in [0.1, 0.15) is 0 Å². The number of sulfonamides is 1. The molecule has 20 heavy (non-hydrogen) atoms. The van der Waals surface area contributed by atoms with Crippen LogP contribution in [-0.2, 0) is 16.6 Å². The summed E-state index contributed by atoms with van der Waals surface area (Å²) in [6, 6.07) is 3.61. The Morgan fingerprint density at radius 1 is 1.25 bits per heavy atom. The van der Waals surface area contributed by atoms with Crippen molar-refractivity contribution in [1.82, 2.24) is 4.72 Å². The van der Waals surface area contributed by atoms with Gasteiger partial charge in [0.25, 0.3) is 0 Å². The summed E-state index contributed by atoms with van der Waals surface area (Å²) in [4.78, 5) is 0.350. The van der Waals surface area contributed by atoms with E-state index in [-0.39, 0.29) is 0 Å². The van der Waals surface area contributed by atoms with Crippen LogP contribution in [0.5, 0.6) is 0 Å². The first-order valence-corrected chi connectivity index (χ1v) is 9.59. The predicted molar refractivity (Wildman–Crippen MR) is 86.6 cm³/mol. The van der Waals surface area contributed by atoms with Crippen molar-refractivity contribution in [2.75, 3.05) is 18.6 Å². The number of benzene rings is 1. The average Bonchev–Trinajstić information content (AvgIpc) is 2.41. The maximum Gasteiger partial charge on any atom is 0.240 e. The molecule has 0 radical (unpaired) electrons. The second kappa shape index (κ2) is 8.02. The molecule has 0 unspecified atom stereocenters. The van der Waals surface area contributed by atoms with Crippen molar-refractivity contribution < 1.29 is 8.42 Å². The molecule has 0 amide bonds. The molecule has 0 bridgehead atoms. The molecular weight excluding hydrogens is 292 g/mol. The molecule has 114 valence electrons. The van der Waals surface area contributed by atoms with E-state index in [1.54, 1.807) is 17.8 Å². The Labute approximate surface area is 126 Å². The van der Waals surface area contributed by atoms with Gasteiger partial charge in [-0.05, 0) is 61.5 Å². The Morgan fingerprint density at radius 2 is 1.95 bits per heavy atom. The topological polar surface area (TPSA) is 72.2 Å². The number of hydrogen-bond donors (Lipinski definition) is 2. The van der Waals surface area contributed by atoms with Crippen LogP contribution < -0.4 is 10.5 Å². The average molecular weight is 316 g/mol. The quantitative estimate of drug-likeness (QED) is 0.721. The molecule has 0 saturated carbocycles. The van der Waals surface area contributed by atoms with Crippen LogP contribution in [0.2, 0.25) is 0 Å². The summed E-state index contributed by atoms with van der Waals surface area (Å²) in [5.74, 6) is 1.06. The van der Waals surface area contributed by atoms with Crippen LogP contribution in [0, 0.1) is 13.8 Å². The van der Waals surface area contributed by atoms with E-state index in [4.69, 9.17) is 5.73 Å². The summed E-state index contributed by atoms with van der Waals surface area (Å²) < 4.78 is 27.4. The van der Waals surface area contributed by atoms with E-state index in [0.717, 1.165) is 35.3 Å². The van der Waals surface area contributed by atoms with E-state index in [1.165, 1.54) is 0 Å². The molecule has 0 heterocycles. The molecule has 0 aliphatic heterocycles. The van der Waals surface area contributed by atoms with Gasteiger partial charge < -0.3 is 5.73 Å². The molecule has 3 N–H and O–H groups in total. The summed E-state index contributed by atoms with van der Waals surface area (Å²) in [6.45, 7) is 4.56. The maximum atomic E-state index is 12.3. The van der Waals surface area contributed by atoms with Crippen molar-refractivity contribution in [1.29, 1.82) is 0 Å². The van der Waals surface area contributed by atoms with Crippen molar-refractivity contribution in [2.45, 2.75) is 38.1 Å². The Balaban J connectivity index is 2.84. The third kappa shape index (κ3) is 4.77. The second-order valence-corrected chi connectivity index (χ2v) is 7.56. The molecule has 6 heteroatoms. The van der Waals surface area contributed by atoms with Crippen LogP contribution in [0.4, 0.5) is 0 Å². The molecular formula is C14H24N2O2S2. The van der Waals surface area contributed by atoms with Crippen LogP contribution >= 0.6 is 11.8 Å². The highest BCUT2D eigenvalue weighted by Gasteiger charge is 2.18. The van der Waals surface area contributed by atoms with Crippen molar-refractivity contribution in [3.05, 3.63) is 28.8 Å². The molecule has 0 atom stereocenters. The van der Waals surface area contributed by atoms with Gasteiger partial charge in [-0.25, -0.2) is 13.1 Å². The third-order valence-corrected chi connectivity index (χ3v) is 5.56. The minimum absolute atomic E-state index is 0.345. The highest BCUT2D eigenvalue weighted by Crippen LogP contribution is 2.21. The van der Waals surface area contributed by atoms with Crippen LogP contribution in [0.3, 0.4) is 0 Å². The summed E-state index contributed by atoms with van der Waals surface area (Å²) in [7, 11) is -3.45. The monoisotopic (exact) mass is 316 g/mol. The number of nitrogens with two attached hydrogens (primary N) is 1. The second-order valence-electron chi connectivity index (χ2n) is 4.84. The van der Waals surface area contributed by atoms with E-state index in [9.17, 15) is 8.42 Å². The molecule has 0 aliphatic carbocycles. The first-order chi connectivity index (χ1) is 9.42. The Hall–Kier alpha value is -0.560. The number of aryl methyl sites for hydroxylation is 1. The van der Waals surface area contributed by atoms with Crippen LogP contribution in [-0.4, -0.2) is 27.0 Å². The van der Waals surface area contributed by atoms with Gasteiger partial charge >= 0.3 is 0 Å². The molecule has 1 rings (SSSR count). The number of hydrogen-bond acceptors (Lipinski definition) is 4. The molecule has 4 nitrogen and oxygen atoms in total. The molecule has 0 saturated heterocycles. The first-order valence-electron chi connectivity index (χ1n) is 6.71. The van der Waals surface area contributed by atoms with Crippen LogP contribution in [0.15, 0.2) is 17.0 Å². The highest BCUT2D eigenvalue weighted by atomic mass is 32.2. The SMILES string of the molecule is CSCCCCNS(=O)(=O)c1cc(CN)cc(C)c1C. The van der Waals surface area contributed by atoms with E-state index in [2.05, 4.69) is 11.0 Å². The summed E-state index contributed by atoms with van der Waals surface area (Å²) >= 11 is 1.77. The summed E-state index contributed by atoms with van der Waals surface area (Å²) in [5, 5.41) is 0. The predicted octanol–water partition coefficient (Wildman–Crippen LogP) is 2.18. The summed E-state index contributed by atoms with van der Waals surface area (Å²) in [5.41, 5.74) is 8.21. The fourth-order valence-electron chi connectivity index (χ4n) is 1.95. The smallest absolute Gasteiger partial charge is 0.240 e. The van der Waals surface area contributed by atoms with Crippen molar-refractivity contribution >= 4 is 21.8 Å². The van der Waals surface area contributed by atoms with E-state index in [1.807, 2.05) is 19.9 Å². The molecule has 0 fully saturated rings. The van der Waals surface area contributed by atoms with Gasteiger partial charge in [0.15, 0.2) is 0 Å². The lowest BCUT2D eigenvalue weighted by molar-refractivity contribution is 0.577. The van der Waals surface area contributed by atoms with Crippen molar-refractivity contribution in [3.8, 4) is 0 Å². The molecule has 1 aromatic rings. The first kappa shape index (κ1) is 17.5. The zero-order chi connectivity index (χ0) is 15.2. The van der Waals surface area contributed by atoms with Crippen molar-refractivity contribution in [3.63, 3.8) is 0 Å². The summed E-state index contributed by atoms with van der Waals surface area (Å²) in [6.07, 6.45) is 3.92. The minimum Gasteiger partial charge on any atom is -0.326 e. The van der Waals surface area contributed by atoms with Crippen LogP contribution in [0.25, 0.3) is 0 Å². The van der Waals surface area contributed by atoms with E-state index >= 15 is 0 Å². The molecule has 0 aliphatic rings. The van der Waals surface area contributed by atoms with E-state index < -0.39 is 10.0 Å². The number of thioether (sulfide) groups is 1.